The number of hydrogen-bond acceptors (Lipinski definition) is 5. The summed E-state index contributed by atoms with van der Waals surface area (Å²) in [5, 5.41) is 13.1. The lowest BCUT2D eigenvalue weighted by molar-refractivity contribution is -0.140. The zero-order valence-electron chi connectivity index (χ0n) is 18.3. The lowest BCUT2D eigenvalue weighted by atomic mass is 10.0. The van der Waals surface area contributed by atoms with Crippen LogP contribution >= 0.6 is 0 Å². The van der Waals surface area contributed by atoms with Gasteiger partial charge < -0.3 is 15.1 Å². The number of anilines is 2. The van der Waals surface area contributed by atoms with E-state index in [1.54, 1.807) is 6.92 Å². The predicted octanol–water partition coefficient (Wildman–Crippen LogP) is 5.02. The monoisotopic (exact) mass is 447 g/mol. The first-order valence-electron chi connectivity index (χ1n) is 10.4. The van der Waals surface area contributed by atoms with Crippen molar-refractivity contribution in [3.05, 3.63) is 59.0 Å². The van der Waals surface area contributed by atoms with Crippen LogP contribution < -0.4 is 10.2 Å². The third kappa shape index (κ3) is 4.09. The fourth-order valence-electron chi connectivity index (χ4n) is 3.96. The smallest absolute Gasteiger partial charge is 0.368 e. The van der Waals surface area contributed by atoms with Crippen molar-refractivity contribution in [3.8, 4) is 0 Å². The second-order valence-corrected chi connectivity index (χ2v) is 8.46. The summed E-state index contributed by atoms with van der Waals surface area (Å²) < 4.78 is 54.0. The molecule has 0 bridgehead atoms. The molecule has 0 amide bonds. The van der Waals surface area contributed by atoms with Crippen LogP contribution in [0, 0.1) is 12.7 Å². The minimum Gasteiger partial charge on any atom is -0.368 e. The average Bonchev–Trinajstić information content (AvgIpc) is 2.68. The summed E-state index contributed by atoms with van der Waals surface area (Å²) in [5.74, 6) is -0.873. The normalized spacial score (nSPS) is 15.8. The molecule has 0 radical (unpaired) electrons. The Morgan fingerprint density at radius 3 is 2.47 bits per heavy atom. The first-order valence-corrected chi connectivity index (χ1v) is 10.4. The topological polar surface area (TPSA) is 44.3 Å². The number of hydrogen-bond donors (Lipinski definition) is 1. The first kappa shape index (κ1) is 22.3. The van der Waals surface area contributed by atoms with Crippen LogP contribution in [0.4, 0.5) is 29.1 Å². The fourth-order valence-corrected chi connectivity index (χ4v) is 3.96. The van der Waals surface area contributed by atoms with Gasteiger partial charge in [-0.25, -0.2) is 4.39 Å². The number of fused-ring (bicyclic) bond motifs is 1. The van der Waals surface area contributed by atoms with Crippen molar-refractivity contribution in [2.45, 2.75) is 32.1 Å². The summed E-state index contributed by atoms with van der Waals surface area (Å²) in [6.45, 7) is 5.27. The van der Waals surface area contributed by atoms with Crippen LogP contribution in [0.1, 0.15) is 29.8 Å². The molecule has 1 atom stereocenters. The Balaban J connectivity index is 1.66. The van der Waals surface area contributed by atoms with Crippen molar-refractivity contribution < 1.29 is 17.6 Å². The van der Waals surface area contributed by atoms with Gasteiger partial charge in [-0.15, -0.1) is 5.10 Å². The molecule has 9 heteroatoms. The molecule has 4 rings (SSSR count). The van der Waals surface area contributed by atoms with Crippen molar-refractivity contribution >= 4 is 22.3 Å². The summed E-state index contributed by atoms with van der Waals surface area (Å²) in [6, 6.07) is 9.04. The van der Waals surface area contributed by atoms with E-state index in [0.717, 1.165) is 41.3 Å². The van der Waals surface area contributed by atoms with Crippen molar-refractivity contribution in [2.75, 3.05) is 37.4 Å². The Morgan fingerprint density at radius 2 is 1.81 bits per heavy atom. The number of aryl methyl sites for hydroxylation is 1. The maximum absolute atomic E-state index is 14.6. The maximum atomic E-state index is 14.6. The van der Waals surface area contributed by atoms with E-state index in [4.69, 9.17) is 0 Å². The van der Waals surface area contributed by atoms with E-state index in [9.17, 15) is 17.6 Å². The van der Waals surface area contributed by atoms with Crippen molar-refractivity contribution in [1.29, 1.82) is 0 Å². The molecular formula is C23H25F4N5. The fraction of sp³-hybridized carbons (Fsp3) is 0.391. The van der Waals surface area contributed by atoms with E-state index in [0.29, 0.717) is 11.9 Å². The van der Waals surface area contributed by atoms with Crippen LogP contribution in [0.2, 0.25) is 0 Å². The van der Waals surface area contributed by atoms with Crippen LogP contribution in [0.5, 0.6) is 0 Å². The summed E-state index contributed by atoms with van der Waals surface area (Å²) >= 11 is 0. The molecule has 1 aliphatic rings. The zero-order valence-corrected chi connectivity index (χ0v) is 18.3. The standard InChI is InChI=1S/C23H25F4N5/c1-13(18-6-5-7-20(21(18)24)23(25,26)27)28-22-19-10-15(32-11-16(12-32)31(3)4)8-9-17(19)14(2)29-30-22/h5-10,13,16H,11-12H2,1-4H3,(H,28,30). The van der Waals surface area contributed by atoms with Crippen molar-refractivity contribution in [3.63, 3.8) is 0 Å². The van der Waals surface area contributed by atoms with Gasteiger partial charge in [0, 0.05) is 41.2 Å². The SMILES string of the molecule is Cc1nnc(NC(C)c2cccc(C(F)(F)F)c2F)c2cc(N3CC(N(C)C)C3)ccc12. The lowest BCUT2D eigenvalue weighted by Crippen LogP contribution is -2.57. The highest BCUT2D eigenvalue weighted by atomic mass is 19.4. The van der Waals surface area contributed by atoms with Crippen LogP contribution in [-0.4, -0.2) is 48.3 Å². The number of aromatic nitrogens is 2. The van der Waals surface area contributed by atoms with Crippen LogP contribution in [0.15, 0.2) is 36.4 Å². The lowest BCUT2D eigenvalue weighted by Gasteiger charge is -2.44. The van der Waals surface area contributed by atoms with E-state index < -0.39 is 23.6 Å². The van der Waals surface area contributed by atoms with Gasteiger partial charge >= 0.3 is 6.18 Å². The minimum absolute atomic E-state index is 0.0805. The van der Waals surface area contributed by atoms with E-state index in [-0.39, 0.29) is 5.56 Å². The highest BCUT2D eigenvalue weighted by Crippen LogP contribution is 2.36. The molecule has 1 N–H and O–H groups in total. The van der Waals surface area contributed by atoms with Gasteiger partial charge in [-0.3, -0.25) is 0 Å². The molecule has 5 nitrogen and oxygen atoms in total. The second kappa shape index (κ2) is 8.20. The molecule has 0 saturated carbocycles. The number of halogens is 4. The summed E-state index contributed by atoms with van der Waals surface area (Å²) in [4.78, 5) is 4.44. The molecule has 2 aromatic carbocycles. The molecule has 32 heavy (non-hydrogen) atoms. The summed E-state index contributed by atoms with van der Waals surface area (Å²) in [6.07, 6.45) is -4.76. The van der Waals surface area contributed by atoms with E-state index >= 15 is 0 Å². The van der Waals surface area contributed by atoms with Gasteiger partial charge in [0.1, 0.15) is 5.82 Å². The molecule has 170 valence electrons. The zero-order chi connectivity index (χ0) is 23.2. The molecule has 0 aliphatic carbocycles. The molecule has 1 aromatic heterocycles. The van der Waals surface area contributed by atoms with Crippen LogP contribution in [0.3, 0.4) is 0 Å². The van der Waals surface area contributed by atoms with Gasteiger partial charge in [0.05, 0.1) is 17.3 Å². The Bertz CT molecular complexity index is 1140. The van der Waals surface area contributed by atoms with E-state index in [1.165, 1.54) is 12.1 Å². The van der Waals surface area contributed by atoms with Crippen molar-refractivity contribution in [2.24, 2.45) is 0 Å². The van der Waals surface area contributed by atoms with E-state index in [1.807, 2.05) is 25.1 Å². The molecule has 0 spiro atoms. The van der Waals surface area contributed by atoms with Gasteiger partial charge in [-0.1, -0.05) is 18.2 Å². The molecule has 3 aromatic rings. The Labute approximate surface area is 184 Å². The number of likely N-dealkylation sites (N-methyl/N-ethyl adjacent to an activating group) is 1. The molecule has 1 aliphatic heterocycles. The summed E-state index contributed by atoms with van der Waals surface area (Å²) in [7, 11) is 4.11. The number of benzene rings is 2. The van der Waals surface area contributed by atoms with Gasteiger partial charge in [0.2, 0.25) is 0 Å². The molecular weight excluding hydrogens is 422 g/mol. The highest BCUT2D eigenvalue weighted by molar-refractivity contribution is 5.95. The Hall–Kier alpha value is -2.94. The average molecular weight is 447 g/mol. The second-order valence-electron chi connectivity index (χ2n) is 8.46. The van der Waals surface area contributed by atoms with Crippen LogP contribution in [0.25, 0.3) is 10.8 Å². The Kier molecular flexibility index (Phi) is 5.70. The highest BCUT2D eigenvalue weighted by Gasteiger charge is 2.35. The van der Waals surface area contributed by atoms with Gasteiger partial charge in [0.25, 0.3) is 0 Å². The Morgan fingerprint density at radius 1 is 1.09 bits per heavy atom. The first-order chi connectivity index (χ1) is 15.1. The van der Waals surface area contributed by atoms with Gasteiger partial charge in [-0.05, 0) is 46.1 Å². The summed E-state index contributed by atoms with van der Waals surface area (Å²) in [5.41, 5.74) is 0.413. The number of alkyl halides is 3. The van der Waals surface area contributed by atoms with Crippen LogP contribution in [-0.2, 0) is 6.18 Å². The quantitative estimate of drug-likeness (QED) is 0.557. The van der Waals surface area contributed by atoms with Gasteiger partial charge in [0.15, 0.2) is 5.82 Å². The third-order valence-corrected chi connectivity index (χ3v) is 6.06. The van der Waals surface area contributed by atoms with E-state index in [2.05, 4.69) is 39.4 Å². The predicted molar refractivity (Wildman–Crippen MR) is 117 cm³/mol. The molecule has 1 fully saturated rings. The largest absolute Gasteiger partial charge is 0.419 e. The minimum atomic E-state index is -4.76. The van der Waals surface area contributed by atoms with Crippen molar-refractivity contribution in [1.82, 2.24) is 15.1 Å². The maximum Gasteiger partial charge on any atom is 0.419 e. The molecule has 2 heterocycles. The molecule has 1 saturated heterocycles. The molecule has 1 unspecified atom stereocenters. The number of nitrogens with zero attached hydrogens (tertiary/aromatic N) is 4. The third-order valence-electron chi connectivity index (χ3n) is 6.06. The van der Waals surface area contributed by atoms with Gasteiger partial charge in [-0.2, -0.15) is 18.3 Å². The number of rotatable bonds is 5. The number of nitrogens with one attached hydrogen (secondary N) is 1.